The van der Waals surface area contributed by atoms with Crippen LogP contribution in [-0.4, -0.2) is 28.5 Å². The topological polar surface area (TPSA) is 67.1 Å². The van der Waals surface area contributed by atoms with Gasteiger partial charge in [0, 0.05) is 29.8 Å². The van der Waals surface area contributed by atoms with Crippen molar-refractivity contribution in [2.75, 3.05) is 24.6 Å². The lowest BCUT2D eigenvalue weighted by atomic mass is 10.1. The molecule has 1 rings (SSSR count). The first kappa shape index (κ1) is 20.7. The van der Waals surface area contributed by atoms with Gasteiger partial charge in [-0.1, -0.05) is 47.3 Å². The van der Waals surface area contributed by atoms with Gasteiger partial charge < -0.3 is 16.0 Å². The van der Waals surface area contributed by atoms with Crippen LogP contribution in [0.15, 0.2) is 47.8 Å². The molecular formula is C19H26BrN5. The molecule has 3 N–H and O–H groups in total. The summed E-state index contributed by atoms with van der Waals surface area (Å²) in [6.45, 7) is 14.5. The van der Waals surface area contributed by atoms with Gasteiger partial charge >= 0.3 is 0 Å². The highest BCUT2D eigenvalue weighted by Gasteiger charge is 2.13. The number of nitrogen functional groups attached to an aromatic ring is 1. The van der Waals surface area contributed by atoms with Crippen molar-refractivity contribution in [3.8, 4) is 0 Å². The van der Waals surface area contributed by atoms with E-state index in [1.54, 1.807) is 13.1 Å². The first-order valence-corrected chi connectivity index (χ1v) is 8.72. The van der Waals surface area contributed by atoms with Crippen LogP contribution in [0.3, 0.4) is 0 Å². The maximum absolute atomic E-state index is 5.85. The van der Waals surface area contributed by atoms with Gasteiger partial charge in [-0.15, -0.1) is 0 Å². The van der Waals surface area contributed by atoms with Crippen molar-refractivity contribution in [1.29, 1.82) is 0 Å². The molecule has 6 heteroatoms. The first-order valence-electron chi connectivity index (χ1n) is 7.92. The fraction of sp³-hybridized carbons (Fsp3) is 0.263. The smallest absolute Gasteiger partial charge is 0.222 e. The molecule has 0 aliphatic rings. The standard InChI is InChI=1S/C19H26BrN5/c1-7-10-25(12-15(8-2)14(5)20)11-13(4)17-16(9-3)18(22-6)24-19(21)23-17/h7-11H,3,5,12H2,1-2,4,6H3,(H3,21,22,23,24)/b10-7-,13-11+,15-8-. The van der Waals surface area contributed by atoms with Gasteiger partial charge in [-0.05, 0) is 38.1 Å². The summed E-state index contributed by atoms with van der Waals surface area (Å²) in [5, 5.41) is 3.03. The number of hydrogen-bond donors (Lipinski definition) is 2. The minimum absolute atomic E-state index is 0.221. The van der Waals surface area contributed by atoms with Gasteiger partial charge in [-0.3, -0.25) is 0 Å². The molecule has 0 aromatic carbocycles. The van der Waals surface area contributed by atoms with Crippen LogP contribution >= 0.6 is 15.9 Å². The number of anilines is 2. The number of hydrogen-bond acceptors (Lipinski definition) is 5. The van der Waals surface area contributed by atoms with Crippen LogP contribution < -0.4 is 11.1 Å². The Labute approximate surface area is 158 Å². The van der Waals surface area contributed by atoms with Gasteiger partial charge in [0.1, 0.15) is 5.82 Å². The van der Waals surface area contributed by atoms with E-state index in [0.717, 1.165) is 26.9 Å². The maximum Gasteiger partial charge on any atom is 0.222 e. The number of aromatic nitrogens is 2. The molecule has 0 radical (unpaired) electrons. The Morgan fingerprint density at radius 3 is 2.52 bits per heavy atom. The fourth-order valence-electron chi connectivity index (χ4n) is 2.34. The molecule has 5 nitrogen and oxygen atoms in total. The lowest BCUT2D eigenvalue weighted by molar-refractivity contribution is 0.555. The second-order valence-corrected chi connectivity index (χ2v) is 6.29. The summed E-state index contributed by atoms with van der Waals surface area (Å²) in [4.78, 5) is 10.7. The largest absolute Gasteiger partial charge is 0.372 e. The number of allylic oxidation sites excluding steroid dienone is 3. The minimum Gasteiger partial charge on any atom is -0.372 e. The predicted molar refractivity (Wildman–Crippen MR) is 113 cm³/mol. The molecular weight excluding hydrogens is 378 g/mol. The van der Waals surface area contributed by atoms with Gasteiger partial charge in [0.05, 0.1) is 5.69 Å². The molecule has 0 aliphatic heterocycles. The van der Waals surface area contributed by atoms with Crippen LogP contribution in [0.1, 0.15) is 32.0 Å². The molecule has 0 saturated heterocycles. The summed E-state index contributed by atoms with van der Waals surface area (Å²) < 4.78 is 0.867. The van der Waals surface area contributed by atoms with E-state index in [0.29, 0.717) is 12.4 Å². The van der Waals surface area contributed by atoms with Crippen molar-refractivity contribution in [2.24, 2.45) is 0 Å². The summed E-state index contributed by atoms with van der Waals surface area (Å²) in [5.74, 6) is 0.879. The summed E-state index contributed by atoms with van der Waals surface area (Å²) in [6.07, 6.45) is 9.77. The molecule has 0 spiro atoms. The van der Waals surface area contributed by atoms with Crippen molar-refractivity contribution in [3.63, 3.8) is 0 Å². The summed E-state index contributed by atoms with van der Waals surface area (Å²) in [6, 6.07) is 0. The molecule has 0 aliphatic carbocycles. The lowest BCUT2D eigenvalue weighted by Crippen LogP contribution is -2.15. The monoisotopic (exact) mass is 403 g/mol. The third kappa shape index (κ3) is 5.60. The van der Waals surface area contributed by atoms with Crippen molar-refractivity contribution >= 4 is 39.3 Å². The molecule has 0 saturated carbocycles. The molecule has 1 aromatic rings. The molecule has 0 amide bonds. The van der Waals surface area contributed by atoms with Gasteiger partial charge in [0.15, 0.2) is 0 Å². The molecule has 0 atom stereocenters. The molecule has 0 fully saturated rings. The van der Waals surface area contributed by atoms with E-state index in [-0.39, 0.29) is 5.95 Å². The number of halogens is 1. The highest BCUT2D eigenvalue weighted by atomic mass is 79.9. The lowest BCUT2D eigenvalue weighted by Gasteiger charge is -2.20. The van der Waals surface area contributed by atoms with Gasteiger partial charge in [-0.2, -0.15) is 4.98 Å². The minimum atomic E-state index is 0.221. The Kier molecular flexibility index (Phi) is 8.15. The molecule has 1 aromatic heterocycles. The van der Waals surface area contributed by atoms with E-state index in [1.165, 1.54) is 0 Å². The average Bonchev–Trinajstić information content (AvgIpc) is 2.58. The average molecular weight is 404 g/mol. The second kappa shape index (κ2) is 9.84. The number of nitrogens with zero attached hydrogens (tertiary/aromatic N) is 3. The highest BCUT2D eigenvalue weighted by molar-refractivity contribution is 9.11. The Hall–Kier alpha value is -2.34. The van der Waals surface area contributed by atoms with Gasteiger partial charge in [0.2, 0.25) is 5.95 Å². The van der Waals surface area contributed by atoms with E-state index >= 15 is 0 Å². The van der Waals surface area contributed by atoms with Crippen molar-refractivity contribution in [2.45, 2.75) is 20.8 Å². The van der Waals surface area contributed by atoms with E-state index in [2.05, 4.69) is 49.3 Å². The Morgan fingerprint density at radius 1 is 1.36 bits per heavy atom. The zero-order valence-electron chi connectivity index (χ0n) is 15.3. The highest BCUT2D eigenvalue weighted by Crippen LogP contribution is 2.25. The van der Waals surface area contributed by atoms with Gasteiger partial charge in [-0.25, -0.2) is 4.98 Å². The summed E-state index contributed by atoms with van der Waals surface area (Å²) >= 11 is 3.45. The molecule has 0 unspecified atom stereocenters. The van der Waals surface area contributed by atoms with Crippen molar-refractivity contribution in [1.82, 2.24) is 14.9 Å². The van der Waals surface area contributed by atoms with Gasteiger partial charge in [0.25, 0.3) is 0 Å². The van der Waals surface area contributed by atoms with E-state index in [4.69, 9.17) is 5.73 Å². The third-order valence-corrected chi connectivity index (χ3v) is 4.04. The van der Waals surface area contributed by atoms with Crippen LogP contribution in [0.25, 0.3) is 11.6 Å². The Morgan fingerprint density at radius 2 is 2.04 bits per heavy atom. The molecule has 0 bridgehead atoms. The number of rotatable bonds is 8. The van der Waals surface area contributed by atoms with Crippen molar-refractivity contribution in [3.05, 3.63) is 59.0 Å². The van der Waals surface area contributed by atoms with E-state index in [9.17, 15) is 0 Å². The number of nitrogens with two attached hydrogens (primary N) is 1. The molecule has 1 heterocycles. The quantitative estimate of drug-likeness (QED) is 0.610. The van der Waals surface area contributed by atoms with Crippen molar-refractivity contribution < 1.29 is 0 Å². The van der Waals surface area contributed by atoms with Crippen LogP contribution in [0, 0.1) is 0 Å². The van der Waals surface area contributed by atoms with Crippen LogP contribution in [0.2, 0.25) is 0 Å². The second-order valence-electron chi connectivity index (χ2n) is 5.33. The normalized spacial score (nSPS) is 12.4. The summed E-state index contributed by atoms with van der Waals surface area (Å²) in [5.41, 5.74) is 9.48. The van der Waals surface area contributed by atoms with Crippen LogP contribution in [0.4, 0.5) is 11.8 Å². The first-order chi connectivity index (χ1) is 11.9. The Balaban J connectivity index is 3.34. The predicted octanol–water partition coefficient (Wildman–Crippen LogP) is 4.79. The van der Waals surface area contributed by atoms with Crippen LogP contribution in [-0.2, 0) is 0 Å². The SMILES string of the molecule is C=Cc1c(NC)nc(N)nc1/C(C)=C/N(/C=C\C)C/C(=C/C)C(=C)Br. The third-order valence-electron chi connectivity index (χ3n) is 3.53. The maximum atomic E-state index is 5.85. The summed E-state index contributed by atoms with van der Waals surface area (Å²) in [7, 11) is 1.80. The molecule has 134 valence electrons. The fourth-order valence-corrected chi connectivity index (χ4v) is 2.70. The molecule has 25 heavy (non-hydrogen) atoms. The number of nitrogens with one attached hydrogen (secondary N) is 1. The van der Waals surface area contributed by atoms with E-state index < -0.39 is 0 Å². The van der Waals surface area contributed by atoms with Crippen LogP contribution in [0.5, 0.6) is 0 Å². The Bertz CT molecular complexity index is 732. The van der Waals surface area contributed by atoms with E-state index in [1.807, 2.05) is 45.3 Å². The zero-order valence-corrected chi connectivity index (χ0v) is 16.9. The zero-order chi connectivity index (χ0) is 19.0.